The van der Waals surface area contributed by atoms with Gasteiger partial charge in [-0.3, -0.25) is 0 Å². The van der Waals surface area contributed by atoms with Crippen LogP contribution >= 0.6 is 0 Å². The van der Waals surface area contributed by atoms with Crippen LogP contribution in [-0.4, -0.2) is 18.7 Å². The summed E-state index contributed by atoms with van der Waals surface area (Å²) < 4.78 is 6.27. The third kappa shape index (κ3) is 3.97. The van der Waals surface area contributed by atoms with Crippen LogP contribution in [0.2, 0.25) is 0 Å². The fraction of sp³-hybridized carbons (Fsp3) is 0.647. The number of benzene rings is 1. The Labute approximate surface area is 117 Å². The van der Waals surface area contributed by atoms with Gasteiger partial charge in [0.25, 0.3) is 0 Å². The summed E-state index contributed by atoms with van der Waals surface area (Å²) in [6.07, 6.45) is 5.35. The van der Waals surface area contributed by atoms with Crippen molar-refractivity contribution in [3.05, 3.63) is 29.8 Å². The van der Waals surface area contributed by atoms with Crippen molar-refractivity contribution in [2.75, 3.05) is 6.54 Å². The molecule has 2 rings (SSSR count). The normalized spacial score (nSPS) is 27.2. The van der Waals surface area contributed by atoms with Crippen LogP contribution in [0.3, 0.4) is 0 Å². The molecule has 0 saturated heterocycles. The van der Waals surface area contributed by atoms with E-state index in [9.17, 15) is 0 Å². The first kappa shape index (κ1) is 14.4. The Balaban J connectivity index is 2.04. The van der Waals surface area contributed by atoms with E-state index in [4.69, 9.17) is 4.74 Å². The van der Waals surface area contributed by atoms with Crippen LogP contribution < -0.4 is 10.1 Å². The van der Waals surface area contributed by atoms with Gasteiger partial charge in [-0.05, 0) is 56.3 Å². The van der Waals surface area contributed by atoms with Crippen LogP contribution in [0.1, 0.15) is 45.1 Å². The highest BCUT2D eigenvalue weighted by molar-refractivity contribution is 5.27. The predicted octanol–water partition coefficient (Wildman–Crippen LogP) is 3.93. The van der Waals surface area contributed by atoms with Crippen molar-refractivity contribution in [3.63, 3.8) is 0 Å². The molecule has 0 bridgehead atoms. The zero-order chi connectivity index (χ0) is 13.7. The molecule has 0 aromatic heterocycles. The summed E-state index contributed by atoms with van der Waals surface area (Å²) in [7, 11) is 0. The van der Waals surface area contributed by atoms with Crippen molar-refractivity contribution < 1.29 is 4.74 Å². The Hall–Kier alpha value is -1.02. The summed E-state index contributed by atoms with van der Waals surface area (Å²) in [6.45, 7) is 7.61. The Kier molecular flexibility index (Phi) is 5.26. The molecule has 3 atom stereocenters. The summed E-state index contributed by atoms with van der Waals surface area (Å²) in [5.74, 6) is 1.84. The van der Waals surface area contributed by atoms with Crippen LogP contribution in [-0.2, 0) is 0 Å². The van der Waals surface area contributed by atoms with Gasteiger partial charge in [0.1, 0.15) is 11.9 Å². The number of likely N-dealkylation sites (N-methyl/N-ethyl adjacent to an activating group) is 1. The molecule has 1 aromatic carbocycles. The lowest BCUT2D eigenvalue weighted by Crippen LogP contribution is -2.47. The van der Waals surface area contributed by atoms with E-state index in [-0.39, 0.29) is 0 Å². The molecule has 1 aliphatic carbocycles. The zero-order valence-electron chi connectivity index (χ0n) is 12.5. The molecular formula is C17H27NO. The molecule has 1 aromatic rings. The van der Waals surface area contributed by atoms with Crippen LogP contribution in [0, 0.1) is 12.8 Å². The molecule has 19 heavy (non-hydrogen) atoms. The Morgan fingerprint density at radius 2 is 2.11 bits per heavy atom. The smallest absolute Gasteiger partial charge is 0.120 e. The lowest BCUT2D eigenvalue weighted by molar-refractivity contribution is 0.0856. The lowest BCUT2D eigenvalue weighted by atomic mass is 9.82. The average Bonchev–Trinajstić information content (AvgIpc) is 2.41. The summed E-state index contributed by atoms with van der Waals surface area (Å²) in [5, 5.41) is 3.59. The molecule has 2 nitrogen and oxygen atoms in total. The van der Waals surface area contributed by atoms with E-state index in [1.54, 1.807) is 0 Å². The molecule has 0 spiro atoms. The zero-order valence-corrected chi connectivity index (χ0v) is 12.5. The minimum atomic E-state index is 0.320. The van der Waals surface area contributed by atoms with Crippen molar-refractivity contribution >= 4 is 0 Å². The molecule has 1 aliphatic rings. The standard InChI is InChI=1S/C17H27NO/c1-4-14-9-10-16(18-5-2)17(12-14)19-15-8-6-7-13(3)11-15/h6-8,11,14,16-18H,4-5,9-10,12H2,1-3H3. The quantitative estimate of drug-likeness (QED) is 0.867. The first-order chi connectivity index (χ1) is 9.22. The molecule has 0 aliphatic heterocycles. The number of hydrogen-bond acceptors (Lipinski definition) is 2. The highest BCUT2D eigenvalue weighted by atomic mass is 16.5. The summed E-state index contributed by atoms with van der Waals surface area (Å²) in [5.41, 5.74) is 1.26. The van der Waals surface area contributed by atoms with Crippen molar-refractivity contribution in [1.82, 2.24) is 5.32 Å². The van der Waals surface area contributed by atoms with E-state index in [1.165, 1.54) is 31.2 Å². The SMILES string of the molecule is CCNC1CCC(CC)CC1Oc1cccc(C)c1. The fourth-order valence-electron chi connectivity index (χ4n) is 3.07. The van der Waals surface area contributed by atoms with Gasteiger partial charge in [-0.1, -0.05) is 32.4 Å². The molecule has 106 valence electrons. The van der Waals surface area contributed by atoms with Crippen LogP contribution in [0.4, 0.5) is 0 Å². The van der Waals surface area contributed by atoms with E-state index in [1.807, 2.05) is 0 Å². The monoisotopic (exact) mass is 261 g/mol. The molecule has 0 amide bonds. The maximum Gasteiger partial charge on any atom is 0.120 e. The summed E-state index contributed by atoms with van der Waals surface area (Å²) in [6, 6.07) is 8.91. The van der Waals surface area contributed by atoms with Crippen molar-refractivity contribution in [2.24, 2.45) is 5.92 Å². The average molecular weight is 261 g/mol. The van der Waals surface area contributed by atoms with Gasteiger partial charge in [0, 0.05) is 6.04 Å². The minimum absolute atomic E-state index is 0.320. The maximum atomic E-state index is 6.27. The second-order valence-corrected chi connectivity index (χ2v) is 5.72. The van der Waals surface area contributed by atoms with Gasteiger partial charge in [0.05, 0.1) is 0 Å². The van der Waals surface area contributed by atoms with Gasteiger partial charge in [0.2, 0.25) is 0 Å². The second-order valence-electron chi connectivity index (χ2n) is 5.72. The molecule has 3 unspecified atom stereocenters. The molecule has 1 N–H and O–H groups in total. The third-order valence-corrected chi connectivity index (χ3v) is 4.22. The predicted molar refractivity (Wildman–Crippen MR) is 80.7 cm³/mol. The lowest BCUT2D eigenvalue weighted by Gasteiger charge is -2.36. The van der Waals surface area contributed by atoms with Gasteiger partial charge in [-0.15, -0.1) is 0 Å². The largest absolute Gasteiger partial charge is 0.489 e. The van der Waals surface area contributed by atoms with E-state index < -0.39 is 0 Å². The number of hydrogen-bond donors (Lipinski definition) is 1. The third-order valence-electron chi connectivity index (χ3n) is 4.22. The van der Waals surface area contributed by atoms with Gasteiger partial charge < -0.3 is 10.1 Å². The van der Waals surface area contributed by atoms with E-state index in [2.05, 4.69) is 50.4 Å². The van der Waals surface area contributed by atoms with E-state index in [0.717, 1.165) is 18.2 Å². The first-order valence-electron chi connectivity index (χ1n) is 7.69. The Morgan fingerprint density at radius 3 is 2.79 bits per heavy atom. The summed E-state index contributed by atoms with van der Waals surface area (Å²) in [4.78, 5) is 0. The molecule has 0 radical (unpaired) electrons. The van der Waals surface area contributed by atoms with Crippen molar-refractivity contribution in [3.8, 4) is 5.75 Å². The van der Waals surface area contributed by atoms with Crippen LogP contribution in [0.15, 0.2) is 24.3 Å². The molecule has 2 heteroatoms. The van der Waals surface area contributed by atoms with E-state index in [0.29, 0.717) is 12.1 Å². The fourth-order valence-corrected chi connectivity index (χ4v) is 3.07. The number of rotatable bonds is 5. The number of nitrogens with one attached hydrogen (secondary N) is 1. The van der Waals surface area contributed by atoms with Gasteiger partial charge >= 0.3 is 0 Å². The maximum absolute atomic E-state index is 6.27. The van der Waals surface area contributed by atoms with Crippen molar-refractivity contribution in [2.45, 2.75) is 58.6 Å². The highest BCUT2D eigenvalue weighted by Gasteiger charge is 2.30. The topological polar surface area (TPSA) is 21.3 Å². The highest BCUT2D eigenvalue weighted by Crippen LogP contribution is 2.30. The first-order valence-corrected chi connectivity index (χ1v) is 7.69. The van der Waals surface area contributed by atoms with Gasteiger partial charge in [0.15, 0.2) is 0 Å². The molecule has 1 fully saturated rings. The molecular weight excluding hydrogens is 234 g/mol. The molecule has 0 heterocycles. The van der Waals surface area contributed by atoms with E-state index >= 15 is 0 Å². The summed E-state index contributed by atoms with van der Waals surface area (Å²) >= 11 is 0. The number of ether oxygens (including phenoxy) is 1. The van der Waals surface area contributed by atoms with Gasteiger partial charge in [-0.2, -0.15) is 0 Å². The van der Waals surface area contributed by atoms with Crippen LogP contribution in [0.5, 0.6) is 5.75 Å². The number of aryl methyl sites for hydroxylation is 1. The second kappa shape index (κ2) is 6.95. The van der Waals surface area contributed by atoms with Gasteiger partial charge in [-0.25, -0.2) is 0 Å². The van der Waals surface area contributed by atoms with Crippen molar-refractivity contribution in [1.29, 1.82) is 0 Å². The Morgan fingerprint density at radius 1 is 1.26 bits per heavy atom. The molecule has 1 saturated carbocycles. The Bertz CT molecular complexity index is 391. The minimum Gasteiger partial charge on any atom is -0.489 e. The van der Waals surface area contributed by atoms with Crippen LogP contribution in [0.25, 0.3) is 0 Å².